The molecule has 0 saturated carbocycles. The Bertz CT molecular complexity index is 226. The number of hydrogen-bond acceptors (Lipinski definition) is 2. The molecule has 0 bridgehead atoms. The number of nitrogens with two attached hydrogens (primary N) is 1. The van der Waals surface area contributed by atoms with E-state index in [1.807, 2.05) is 0 Å². The molecule has 0 aromatic rings. The second kappa shape index (κ2) is 4.83. The molecule has 0 heterocycles. The van der Waals surface area contributed by atoms with Crippen LogP contribution in [0.2, 0.25) is 0 Å². The van der Waals surface area contributed by atoms with Crippen LogP contribution in [0.15, 0.2) is 0 Å². The van der Waals surface area contributed by atoms with Crippen LogP contribution in [0.5, 0.6) is 0 Å². The van der Waals surface area contributed by atoms with Crippen LogP contribution < -0.4 is 11.1 Å². The monoisotopic (exact) mass is 226 g/mol. The van der Waals surface area contributed by atoms with Crippen molar-refractivity contribution in [3.05, 3.63) is 0 Å². The fourth-order valence-electron chi connectivity index (χ4n) is 0.910. The van der Waals surface area contributed by atoms with E-state index in [0.717, 1.165) is 0 Å². The number of carbonyl (C=O) groups is 1. The van der Waals surface area contributed by atoms with Gasteiger partial charge in [-0.25, -0.2) is 0 Å². The molecule has 6 heteroatoms. The van der Waals surface area contributed by atoms with Crippen molar-refractivity contribution in [2.24, 2.45) is 11.1 Å². The number of halogens is 3. The Morgan fingerprint density at radius 2 is 1.87 bits per heavy atom. The maximum Gasteiger partial charge on any atom is 0.391 e. The Kier molecular flexibility index (Phi) is 4.58. The highest BCUT2D eigenvalue weighted by atomic mass is 19.4. The Morgan fingerprint density at radius 1 is 1.40 bits per heavy atom. The van der Waals surface area contributed by atoms with Gasteiger partial charge in [0.1, 0.15) is 0 Å². The number of hydrogen-bond donors (Lipinski definition) is 2. The normalized spacial score (nSPS) is 14.9. The molecule has 0 radical (unpaired) electrons. The summed E-state index contributed by atoms with van der Waals surface area (Å²) in [5.41, 5.74) is 4.49. The second-order valence-electron chi connectivity index (χ2n) is 4.28. The van der Waals surface area contributed by atoms with Crippen molar-refractivity contribution in [3.8, 4) is 0 Å². The van der Waals surface area contributed by atoms with Gasteiger partial charge in [0, 0.05) is 12.6 Å². The average Bonchev–Trinajstić information content (AvgIpc) is 2.00. The molecule has 0 aromatic heterocycles. The highest BCUT2D eigenvalue weighted by molar-refractivity contribution is 5.82. The zero-order valence-corrected chi connectivity index (χ0v) is 9.11. The van der Waals surface area contributed by atoms with Gasteiger partial charge in [0.05, 0.1) is 11.8 Å². The largest absolute Gasteiger partial charge is 0.391 e. The first-order chi connectivity index (χ1) is 6.58. The van der Waals surface area contributed by atoms with E-state index in [1.165, 1.54) is 6.92 Å². The van der Waals surface area contributed by atoms with Crippen molar-refractivity contribution >= 4 is 5.91 Å². The van der Waals surface area contributed by atoms with Gasteiger partial charge in [0.2, 0.25) is 5.91 Å². The Morgan fingerprint density at radius 3 is 2.20 bits per heavy atom. The highest BCUT2D eigenvalue weighted by Crippen LogP contribution is 2.22. The molecule has 0 aliphatic rings. The van der Waals surface area contributed by atoms with E-state index >= 15 is 0 Å². The van der Waals surface area contributed by atoms with Crippen LogP contribution in [0.3, 0.4) is 0 Å². The van der Waals surface area contributed by atoms with Crippen molar-refractivity contribution < 1.29 is 18.0 Å². The molecule has 0 rings (SSSR count). The minimum Gasteiger partial charge on any atom is -0.353 e. The first-order valence-electron chi connectivity index (χ1n) is 4.66. The zero-order valence-electron chi connectivity index (χ0n) is 9.11. The summed E-state index contributed by atoms with van der Waals surface area (Å²) >= 11 is 0. The molecule has 0 spiro atoms. The maximum atomic E-state index is 12.0. The maximum absolute atomic E-state index is 12.0. The number of nitrogens with one attached hydrogen (secondary N) is 1. The van der Waals surface area contributed by atoms with Gasteiger partial charge in [-0.3, -0.25) is 4.79 Å². The van der Waals surface area contributed by atoms with Gasteiger partial charge in [-0.15, -0.1) is 0 Å². The summed E-state index contributed by atoms with van der Waals surface area (Å²) in [6.45, 7) is 4.58. The highest BCUT2D eigenvalue weighted by Gasteiger charge is 2.33. The summed E-state index contributed by atoms with van der Waals surface area (Å²) in [5, 5.41) is 2.29. The molecule has 3 nitrogen and oxygen atoms in total. The summed E-state index contributed by atoms with van der Waals surface area (Å²) in [5.74, 6) is -0.457. The second-order valence-corrected chi connectivity index (χ2v) is 4.28. The van der Waals surface area contributed by atoms with Gasteiger partial charge >= 0.3 is 6.18 Å². The van der Waals surface area contributed by atoms with E-state index in [9.17, 15) is 18.0 Å². The van der Waals surface area contributed by atoms with Crippen LogP contribution in [0.1, 0.15) is 27.2 Å². The first kappa shape index (κ1) is 14.2. The Balaban J connectivity index is 4.20. The topological polar surface area (TPSA) is 55.1 Å². The minimum atomic E-state index is -4.26. The quantitative estimate of drug-likeness (QED) is 0.761. The lowest BCUT2D eigenvalue weighted by Crippen LogP contribution is -2.46. The van der Waals surface area contributed by atoms with Crippen molar-refractivity contribution in [1.29, 1.82) is 0 Å². The average molecular weight is 226 g/mol. The van der Waals surface area contributed by atoms with Crippen molar-refractivity contribution in [2.75, 3.05) is 6.54 Å². The van der Waals surface area contributed by atoms with E-state index in [4.69, 9.17) is 5.73 Å². The lowest BCUT2D eigenvalue weighted by atomic mass is 9.92. The third kappa shape index (κ3) is 5.61. The molecule has 0 aliphatic heterocycles. The van der Waals surface area contributed by atoms with E-state index in [0.29, 0.717) is 0 Å². The van der Waals surface area contributed by atoms with Crippen LogP contribution in [0.4, 0.5) is 13.2 Å². The van der Waals surface area contributed by atoms with Crippen LogP contribution in [-0.4, -0.2) is 24.7 Å². The molecule has 1 amide bonds. The van der Waals surface area contributed by atoms with Crippen molar-refractivity contribution in [3.63, 3.8) is 0 Å². The fourth-order valence-corrected chi connectivity index (χ4v) is 0.910. The first-order valence-corrected chi connectivity index (χ1v) is 4.66. The van der Waals surface area contributed by atoms with E-state index in [1.54, 1.807) is 13.8 Å². The summed E-state index contributed by atoms with van der Waals surface area (Å²) in [4.78, 5) is 11.4. The van der Waals surface area contributed by atoms with Gasteiger partial charge in [0.25, 0.3) is 0 Å². The molecular weight excluding hydrogens is 209 g/mol. The number of alkyl halides is 3. The van der Waals surface area contributed by atoms with Gasteiger partial charge < -0.3 is 11.1 Å². The van der Waals surface area contributed by atoms with Crippen LogP contribution >= 0.6 is 0 Å². The van der Waals surface area contributed by atoms with E-state index in [2.05, 4.69) is 5.32 Å². The summed E-state index contributed by atoms with van der Waals surface area (Å²) in [7, 11) is 0. The van der Waals surface area contributed by atoms with Gasteiger partial charge in [-0.2, -0.15) is 13.2 Å². The molecule has 1 atom stereocenters. The molecule has 90 valence electrons. The van der Waals surface area contributed by atoms with Crippen molar-refractivity contribution in [2.45, 2.75) is 39.4 Å². The lowest BCUT2D eigenvalue weighted by Gasteiger charge is -2.24. The van der Waals surface area contributed by atoms with Crippen LogP contribution in [-0.2, 0) is 4.79 Å². The third-order valence-electron chi connectivity index (χ3n) is 2.04. The summed E-state index contributed by atoms with van der Waals surface area (Å²) in [6.07, 6.45) is -5.29. The number of amides is 1. The predicted octanol–water partition coefficient (Wildman–Crippen LogP) is 1.43. The van der Waals surface area contributed by atoms with Crippen LogP contribution in [0, 0.1) is 5.41 Å². The number of carbonyl (C=O) groups excluding carboxylic acids is 1. The molecular formula is C9H17F3N2O. The van der Waals surface area contributed by atoms with Crippen molar-refractivity contribution in [1.82, 2.24) is 5.32 Å². The third-order valence-corrected chi connectivity index (χ3v) is 2.04. The fraction of sp³-hybridized carbons (Fsp3) is 0.889. The molecule has 0 aliphatic carbocycles. The molecule has 1 unspecified atom stereocenters. The Labute approximate surface area is 87.2 Å². The number of rotatable bonds is 4. The van der Waals surface area contributed by atoms with Gasteiger partial charge in [0.15, 0.2) is 0 Å². The molecule has 0 aromatic carbocycles. The standard InChI is InChI=1S/C9H17F3N2O/c1-6(4-9(10,11)12)14-7(15)8(2,3)5-13/h6H,4-5,13H2,1-3H3,(H,14,15). The molecule has 3 N–H and O–H groups in total. The summed E-state index contributed by atoms with van der Waals surface area (Å²) < 4.78 is 35.9. The van der Waals surface area contributed by atoms with Gasteiger partial charge in [-0.05, 0) is 20.8 Å². The van der Waals surface area contributed by atoms with E-state index in [-0.39, 0.29) is 6.54 Å². The molecule has 15 heavy (non-hydrogen) atoms. The molecule has 0 fully saturated rings. The van der Waals surface area contributed by atoms with Crippen LogP contribution in [0.25, 0.3) is 0 Å². The lowest BCUT2D eigenvalue weighted by molar-refractivity contribution is -0.143. The smallest absolute Gasteiger partial charge is 0.353 e. The predicted molar refractivity (Wildman–Crippen MR) is 51.1 cm³/mol. The van der Waals surface area contributed by atoms with E-state index < -0.39 is 30.0 Å². The zero-order chi connectivity index (χ0) is 12.3. The minimum absolute atomic E-state index is 0.0948. The SMILES string of the molecule is CC(CC(F)(F)F)NC(=O)C(C)(C)CN. The van der Waals surface area contributed by atoms with Gasteiger partial charge in [-0.1, -0.05) is 0 Å². The Hall–Kier alpha value is -0.780. The molecule has 0 saturated heterocycles. The summed E-state index contributed by atoms with van der Waals surface area (Å²) in [6, 6.07) is -0.927.